The lowest BCUT2D eigenvalue weighted by Crippen LogP contribution is -2.14. The lowest BCUT2D eigenvalue weighted by atomic mass is 10.3. The predicted octanol–water partition coefficient (Wildman–Crippen LogP) is 2.52. The summed E-state index contributed by atoms with van der Waals surface area (Å²) in [6.45, 7) is 1.92. The Hall–Kier alpha value is -2.81. The molecule has 2 heterocycles. The second-order valence-electron chi connectivity index (χ2n) is 5.22. The summed E-state index contributed by atoms with van der Waals surface area (Å²) in [5.41, 5.74) is 1.54. The van der Waals surface area contributed by atoms with Gasteiger partial charge in [-0.25, -0.2) is 0 Å². The van der Waals surface area contributed by atoms with Crippen molar-refractivity contribution < 1.29 is 13.9 Å². The van der Waals surface area contributed by atoms with Crippen LogP contribution in [0.5, 0.6) is 5.75 Å². The number of nitrogens with zero attached hydrogens (tertiary/aromatic N) is 4. The Kier molecular flexibility index (Phi) is 5.03. The first kappa shape index (κ1) is 17.0. The standard InChI is InChI=1S/C16H17N5O3S/c1-10-8-13(20-21(10)2)15-18-19-16(24-15)17-14(22)9-25-12-6-4-11(23-3)5-7-12/h4-8H,9H2,1-3H3,(H,17,19,22). The molecule has 0 bridgehead atoms. The van der Waals surface area contributed by atoms with Crippen LogP contribution < -0.4 is 10.1 Å². The minimum Gasteiger partial charge on any atom is -0.497 e. The minimum atomic E-state index is -0.229. The van der Waals surface area contributed by atoms with Crippen molar-refractivity contribution in [3.05, 3.63) is 36.0 Å². The number of nitrogens with one attached hydrogen (secondary N) is 1. The molecule has 0 unspecified atom stereocenters. The van der Waals surface area contributed by atoms with E-state index in [4.69, 9.17) is 9.15 Å². The molecular formula is C16H17N5O3S. The number of carbonyl (C=O) groups excluding carboxylic acids is 1. The zero-order valence-electron chi connectivity index (χ0n) is 14.0. The van der Waals surface area contributed by atoms with Gasteiger partial charge in [-0.05, 0) is 37.3 Å². The number of hydrogen-bond acceptors (Lipinski definition) is 7. The van der Waals surface area contributed by atoms with Crippen LogP contribution in [0.4, 0.5) is 6.01 Å². The Morgan fingerprint density at radius 3 is 2.72 bits per heavy atom. The second kappa shape index (κ2) is 7.39. The van der Waals surface area contributed by atoms with Crippen LogP contribution in [0.1, 0.15) is 5.69 Å². The largest absolute Gasteiger partial charge is 0.497 e. The average Bonchev–Trinajstić information content (AvgIpc) is 3.20. The third-order valence-corrected chi connectivity index (χ3v) is 4.45. The van der Waals surface area contributed by atoms with Gasteiger partial charge in [-0.15, -0.1) is 16.9 Å². The first-order chi connectivity index (χ1) is 12.0. The molecule has 1 amide bonds. The van der Waals surface area contributed by atoms with Crippen molar-refractivity contribution in [2.75, 3.05) is 18.2 Å². The van der Waals surface area contributed by atoms with Gasteiger partial charge in [-0.2, -0.15) is 5.10 Å². The number of aromatic nitrogens is 4. The van der Waals surface area contributed by atoms with Crippen molar-refractivity contribution in [3.8, 4) is 17.3 Å². The molecule has 3 aromatic rings. The van der Waals surface area contributed by atoms with E-state index in [0.717, 1.165) is 16.3 Å². The topological polar surface area (TPSA) is 95.1 Å². The van der Waals surface area contributed by atoms with E-state index < -0.39 is 0 Å². The molecule has 130 valence electrons. The number of thioether (sulfide) groups is 1. The fourth-order valence-electron chi connectivity index (χ4n) is 2.02. The van der Waals surface area contributed by atoms with Crippen molar-refractivity contribution in [1.82, 2.24) is 20.0 Å². The van der Waals surface area contributed by atoms with Crippen LogP contribution in [0, 0.1) is 6.92 Å². The summed E-state index contributed by atoms with van der Waals surface area (Å²) in [5, 5.41) is 14.6. The van der Waals surface area contributed by atoms with Gasteiger partial charge in [-0.1, -0.05) is 5.10 Å². The number of carbonyl (C=O) groups is 1. The third-order valence-electron chi connectivity index (χ3n) is 3.43. The highest BCUT2D eigenvalue weighted by Gasteiger charge is 2.14. The van der Waals surface area contributed by atoms with E-state index in [0.29, 0.717) is 5.69 Å². The molecule has 0 fully saturated rings. The monoisotopic (exact) mass is 359 g/mol. The fraction of sp³-hybridized carbons (Fsp3) is 0.250. The Morgan fingerprint density at radius 1 is 1.32 bits per heavy atom. The first-order valence-corrected chi connectivity index (χ1v) is 8.45. The van der Waals surface area contributed by atoms with Crippen LogP contribution in [0.15, 0.2) is 39.6 Å². The van der Waals surface area contributed by atoms with E-state index in [1.165, 1.54) is 11.8 Å². The van der Waals surface area contributed by atoms with Gasteiger partial charge in [0.25, 0.3) is 5.89 Å². The highest BCUT2D eigenvalue weighted by atomic mass is 32.2. The summed E-state index contributed by atoms with van der Waals surface area (Å²) in [6, 6.07) is 9.37. The van der Waals surface area contributed by atoms with Crippen LogP contribution in [0.25, 0.3) is 11.6 Å². The summed E-state index contributed by atoms with van der Waals surface area (Å²) in [7, 11) is 3.44. The normalized spacial score (nSPS) is 10.7. The van der Waals surface area contributed by atoms with Crippen LogP contribution in [-0.4, -0.2) is 38.7 Å². The van der Waals surface area contributed by atoms with Crippen LogP contribution in [-0.2, 0) is 11.8 Å². The minimum absolute atomic E-state index is 0.0543. The van der Waals surface area contributed by atoms with Crippen molar-refractivity contribution in [2.24, 2.45) is 7.05 Å². The maximum Gasteiger partial charge on any atom is 0.322 e. The number of rotatable bonds is 6. The lowest BCUT2D eigenvalue weighted by Gasteiger charge is -2.03. The molecule has 0 aliphatic carbocycles. The molecule has 25 heavy (non-hydrogen) atoms. The molecule has 2 aromatic heterocycles. The number of amides is 1. The highest BCUT2D eigenvalue weighted by molar-refractivity contribution is 8.00. The van der Waals surface area contributed by atoms with Gasteiger partial charge < -0.3 is 9.15 Å². The SMILES string of the molecule is COc1ccc(SCC(=O)Nc2nnc(-c3cc(C)n(C)n3)o2)cc1. The van der Waals surface area contributed by atoms with E-state index >= 15 is 0 Å². The molecule has 0 saturated heterocycles. The van der Waals surface area contributed by atoms with Gasteiger partial charge >= 0.3 is 6.01 Å². The number of methoxy groups -OCH3 is 1. The number of aryl methyl sites for hydroxylation is 2. The van der Waals surface area contributed by atoms with Crippen LogP contribution in [0.2, 0.25) is 0 Å². The Labute approximate surface area is 148 Å². The molecule has 1 N–H and O–H groups in total. The van der Waals surface area contributed by atoms with E-state index in [1.807, 2.05) is 44.3 Å². The summed E-state index contributed by atoms with van der Waals surface area (Å²) >= 11 is 1.40. The molecule has 8 nitrogen and oxygen atoms in total. The van der Waals surface area contributed by atoms with Gasteiger partial charge in [0.1, 0.15) is 11.4 Å². The maximum atomic E-state index is 12.0. The van der Waals surface area contributed by atoms with E-state index in [-0.39, 0.29) is 23.6 Å². The molecule has 0 saturated carbocycles. The molecule has 9 heteroatoms. The van der Waals surface area contributed by atoms with E-state index in [1.54, 1.807) is 11.8 Å². The summed E-state index contributed by atoms with van der Waals surface area (Å²) in [4.78, 5) is 13.0. The molecule has 0 aliphatic rings. The fourth-order valence-corrected chi connectivity index (χ4v) is 2.72. The molecule has 1 aromatic carbocycles. The highest BCUT2D eigenvalue weighted by Crippen LogP contribution is 2.22. The second-order valence-corrected chi connectivity index (χ2v) is 6.27. The molecule has 0 aliphatic heterocycles. The number of hydrogen-bond donors (Lipinski definition) is 1. The Balaban J connectivity index is 1.56. The quantitative estimate of drug-likeness (QED) is 0.676. The smallest absolute Gasteiger partial charge is 0.322 e. The lowest BCUT2D eigenvalue weighted by molar-refractivity contribution is -0.113. The number of benzene rings is 1. The van der Waals surface area contributed by atoms with Gasteiger partial charge in [-0.3, -0.25) is 14.8 Å². The summed E-state index contributed by atoms with van der Waals surface area (Å²) < 4.78 is 12.2. The van der Waals surface area contributed by atoms with Crippen LogP contribution in [0.3, 0.4) is 0 Å². The Bertz CT molecular complexity index is 853. The number of ether oxygens (including phenoxy) is 1. The van der Waals surface area contributed by atoms with E-state index in [2.05, 4.69) is 20.6 Å². The molecular weight excluding hydrogens is 342 g/mol. The maximum absolute atomic E-state index is 12.0. The van der Waals surface area contributed by atoms with Crippen molar-refractivity contribution in [3.63, 3.8) is 0 Å². The number of anilines is 1. The molecule has 0 radical (unpaired) electrons. The third kappa shape index (κ3) is 4.18. The van der Waals surface area contributed by atoms with E-state index in [9.17, 15) is 4.79 Å². The van der Waals surface area contributed by atoms with Crippen LogP contribution >= 0.6 is 11.8 Å². The van der Waals surface area contributed by atoms with Gasteiger partial charge in [0, 0.05) is 17.6 Å². The zero-order valence-corrected chi connectivity index (χ0v) is 14.8. The molecule has 0 spiro atoms. The van der Waals surface area contributed by atoms with Crippen molar-refractivity contribution in [1.29, 1.82) is 0 Å². The molecule has 0 atom stereocenters. The first-order valence-electron chi connectivity index (χ1n) is 7.46. The predicted molar refractivity (Wildman–Crippen MR) is 93.6 cm³/mol. The van der Waals surface area contributed by atoms with Gasteiger partial charge in [0.2, 0.25) is 5.91 Å². The van der Waals surface area contributed by atoms with Crippen molar-refractivity contribution >= 4 is 23.7 Å². The average molecular weight is 359 g/mol. The summed E-state index contributed by atoms with van der Waals surface area (Å²) in [6.07, 6.45) is 0. The zero-order chi connectivity index (χ0) is 17.8. The summed E-state index contributed by atoms with van der Waals surface area (Å²) in [5.74, 6) is 1.04. The Morgan fingerprint density at radius 2 is 2.08 bits per heavy atom. The van der Waals surface area contributed by atoms with Crippen molar-refractivity contribution in [2.45, 2.75) is 11.8 Å². The van der Waals surface area contributed by atoms with Gasteiger partial charge in [0.05, 0.1) is 12.9 Å². The van der Waals surface area contributed by atoms with Gasteiger partial charge in [0.15, 0.2) is 0 Å². The molecule has 3 rings (SSSR count).